The summed E-state index contributed by atoms with van der Waals surface area (Å²) in [4.78, 5) is 4.38. The quantitative estimate of drug-likeness (QED) is 0.610. The number of nitrogens with one attached hydrogen (secondary N) is 1. The lowest BCUT2D eigenvalue weighted by atomic mass is 10.1. The standard InChI is InChI=1S/C17H16N6O/c1-24-11-13-8-12(19-20-13)9-23-10-17(21-22-23)15-6-7-18-16-5-3-2-4-14(15)16/h2-8,10H,9,11H2,1H3,(H,19,20). The van der Waals surface area contributed by atoms with E-state index in [0.717, 1.165) is 33.5 Å². The smallest absolute Gasteiger partial charge is 0.113 e. The monoisotopic (exact) mass is 320 g/mol. The van der Waals surface area contributed by atoms with Gasteiger partial charge in [0.25, 0.3) is 0 Å². The lowest BCUT2D eigenvalue weighted by molar-refractivity contribution is 0.181. The Labute approximate surface area is 138 Å². The molecule has 3 aromatic heterocycles. The average molecular weight is 320 g/mol. The molecule has 1 aromatic carbocycles. The fraction of sp³-hybridized carbons (Fsp3) is 0.176. The van der Waals surface area contributed by atoms with Crippen molar-refractivity contribution in [3.63, 3.8) is 0 Å². The van der Waals surface area contributed by atoms with E-state index in [1.54, 1.807) is 18.0 Å². The molecule has 0 bridgehead atoms. The van der Waals surface area contributed by atoms with Crippen molar-refractivity contribution in [2.75, 3.05) is 7.11 Å². The zero-order chi connectivity index (χ0) is 16.4. The van der Waals surface area contributed by atoms with Gasteiger partial charge in [0.15, 0.2) is 0 Å². The molecule has 0 aliphatic heterocycles. The minimum atomic E-state index is 0.488. The molecule has 0 aliphatic carbocycles. The van der Waals surface area contributed by atoms with Crippen LogP contribution in [0.2, 0.25) is 0 Å². The number of ether oxygens (including phenoxy) is 1. The Balaban J connectivity index is 1.62. The summed E-state index contributed by atoms with van der Waals surface area (Å²) in [6.07, 6.45) is 3.72. The third-order valence-corrected chi connectivity index (χ3v) is 3.77. The maximum absolute atomic E-state index is 5.07. The highest BCUT2D eigenvalue weighted by atomic mass is 16.5. The molecule has 3 heterocycles. The highest BCUT2D eigenvalue weighted by molar-refractivity contribution is 5.92. The Morgan fingerprint density at radius 1 is 1.21 bits per heavy atom. The van der Waals surface area contributed by atoms with Gasteiger partial charge in [0.1, 0.15) is 5.69 Å². The van der Waals surface area contributed by atoms with Gasteiger partial charge in [-0.05, 0) is 18.2 Å². The molecule has 0 saturated carbocycles. The van der Waals surface area contributed by atoms with E-state index < -0.39 is 0 Å². The van der Waals surface area contributed by atoms with Crippen LogP contribution in [0.4, 0.5) is 0 Å². The molecular weight excluding hydrogens is 304 g/mol. The third-order valence-electron chi connectivity index (χ3n) is 3.77. The van der Waals surface area contributed by atoms with Crippen molar-refractivity contribution in [3.05, 3.63) is 60.2 Å². The van der Waals surface area contributed by atoms with Crippen LogP contribution in [-0.2, 0) is 17.9 Å². The lowest BCUT2D eigenvalue weighted by Gasteiger charge is -2.01. The molecule has 7 nitrogen and oxygen atoms in total. The van der Waals surface area contributed by atoms with Crippen molar-refractivity contribution in [1.82, 2.24) is 30.2 Å². The van der Waals surface area contributed by atoms with Gasteiger partial charge in [-0.15, -0.1) is 5.10 Å². The van der Waals surface area contributed by atoms with E-state index in [9.17, 15) is 0 Å². The number of methoxy groups -OCH3 is 1. The second kappa shape index (κ2) is 6.21. The van der Waals surface area contributed by atoms with Crippen LogP contribution in [0.1, 0.15) is 11.4 Å². The summed E-state index contributed by atoms with van der Waals surface area (Å²) in [6.45, 7) is 1.06. The molecule has 1 N–H and O–H groups in total. The van der Waals surface area contributed by atoms with Gasteiger partial charge in [-0.1, -0.05) is 23.4 Å². The summed E-state index contributed by atoms with van der Waals surface area (Å²) < 4.78 is 6.86. The van der Waals surface area contributed by atoms with E-state index in [1.807, 2.05) is 42.6 Å². The van der Waals surface area contributed by atoms with Crippen molar-refractivity contribution in [2.45, 2.75) is 13.2 Å². The number of nitrogens with zero attached hydrogens (tertiary/aromatic N) is 5. The van der Waals surface area contributed by atoms with Crippen molar-refractivity contribution >= 4 is 10.9 Å². The number of aromatic amines is 1. The fourth-order valence-corrected chi connectivity index (χ4v) is 2.70. The van der Waals surface area contributed by atoms with Crippen LogP contribution in [0.15, 0.2) is 48.8 Å². The van der Waals surface area contributed by atoms with Crippen LogP contribution < -0.4 is 0 Å². The first kappa shape index (κ1) is 14.5. The minimum absolute atomic E-state index is 0.488. The number of benzene rings is 1. The number of hydrogen-bond acceptors (Lipinski definition) is 5. The van der Waals surface area contributed by atoms with E-state index in [0.29, 0.717) is 13.2 Å². The molecular formula is C17H16N6O. The van der Waals surface area contributed by atoms with Crippen LogP contribution in [0.5, 0.6) is 0 Å². The van der Waals surface area contributed by atoms with Gasteiger partial charge >= 0.3 is 0 Å². The summed E-state index contributed by atoms with van der Waals surface area (Å²) in [5.41, 5.74) is 4.62. The van der Waals surface area contributed by atoms with Gasteiger partial charge in [-0.25, -0.2) is 4.68 Å². The Hall–Kier alpha value is -3.06. The molecule has 0 amide bonds. The van der Waals surface area contributed by atoms with Crippen LogP contribution in [0.3, 0.4) is 0 Å². The molecule has 4 aromatic rings. The maximum Gasteiger partial charge on any atom is 0.113 e. The minimum Gasteiger partial charge on any atom is -0.378 e. The largest absolute Gasteiger partial charge is 0.378 e. The average Bonchev–Trinajstić information content (AvgIpc) is 3.25. The van der Waals surface area contributed by atoms with Crippen LogP contribution in [0, 0.1) is 0 Å². The summed E-state index contributed by atoms with van der Waals surface area (Å²) in [5.74, 6) is 0. The number of pyridine rings is 1. The van der Waals surface area contributed by atoms with E-state index in [2.05, 4.69) is 25.5 Å². The number of hydrogen-bond donors (Lipinski definition) is 1. The number of aromatic nitrogens is 6. The molecule has 0 saturated heterocycles. The molecule has 7 heteroatoms. The number of para-hydroxylation sites is 1. The van der Waals surface area contributed by atoms with Crippen LogP contribution in [0.25, 0.3) is 22.2 Å². The van der Waals surface area contributed by atoms with Gasteiger partial charge in [0.05, 0.1) is 36.3 Å². The first-order valence-corrected chi connectivity index (χ1v) is 7.60. The van der Waals surface area contributed by atoms with Gasteiger partial charge in [0.2, 0.25) is 0 Å². The predicted octanol–water partition coefficient (Wildman–Crippen LogP) is 2.41. The van der Waals surface area contributed by atoms with Crippen LogP contribution in [-0.4, -0.2) is 37.3 Å². The second-order valence-electron chi connectivity index (χ2n) is 5.49. The zero-order valence-corrected chi connectivity index (χ0v) is 13.2. The maximum atomic E-state index is 5.07. The first-order chi connectivity index (χ1) is 11.8. The van der Waals surface area contributed by atoms with Crippen molar-refractivity contribution in [2.24, 2.45) is 0 Å². The molecule has 120 valence electrons. The highest BCUT2D eigenvalue weighted by Gasteiger charge is 2.09. The Morgan fingerprint density at radius 3 is 3.04 bits per heavy atom. The fourth-order valence-electron chi connectivity index (χ4n) is 2.70. The Kier molecular flexibility index (Phi) is 3.76. The first-order valence-electron chi connectivity index (χ1n) is 7.60. The molecule has 24 heavy (non-hydrogen) atoms. The molecule has 0 radical (unpaired) electrons. The number of fused-ring (bicyclic) bond motifs is 1. The summed E-state index contributed by atoms with van der Waals surface area (Å²) >= 11 is 0. The Bertz CT molecular complexity index is 969. The van der Waals surface area contributed by atoms with Gasteiger partial charge < -0.3 is 4.74 Å². The van der Waals surface area contributed by atoms with E-state index >= 15 is 0 Å². The highest BCUT2D eigenvalue weighted by Crippen LogP contribution is 2.25. The van der Waals surface area contributed by atoms with Gasteiger partial charge in [-0.3, -0.25) is 10.1 Å². The predicted molar refractivity (Wildman–Crippen MR) is 89.2 cm³/mol. The van der Waals surface area contributed by atoms with E-state index in [1.165, 1.54) is 0 Å². The van der Waals surface area contributed by atoms with E-state index in [-0.39, 0.29) is 0 Å². The third kappa shape index (κ3) is 2.77. The SMILES string of the molecule is COCc1cc(Cn2cc(-c3ccnc4ccccc34)nn2)[nH]n1. The molecule has 0 aliphatic rings. The van der Waals surface area contributed by atoms with Crippen molar-refractivity contribution in [3.8, 4) is 11.3 Å². The topological polar surface area (TPSA) is 81.5 Å². The molecule has 0 unspecified atom stereocenters. The molecule has 4 rings (SSSR count). The zero-order valence-electron chi connectivity index (χ0n) is 13.2. The summed E-state index contributed by atoms with van der Waals surface area (Å²) in [5, 5.41) is 16.8. The van der Waals surface area contributed by atoms with Gasteiger partial charge in [0, 0.05) is 24.3 Å². The number of rotatable bonds is 5. The van der Waals surface area contributed by atoms with Crippen LogP contribution >= 0.6 is 0 Å². The lowest BCUT2D eigenvalue weighted by Crippen LogP contribution is -2.00. The normalized spacial score (nSPS) is 11.2. The summed E-state index contributed by atoms with van der Waals surface area (Å²) in [6, 6.07) is 11.9. The van der Waals surface area contributed by atoms with Crippen molar-refractivity contribution in [1.29, 1.82) is 0 Å². The molecule has 0 spiro atoms. The Morgan fingerprint density at radius 2 is 2.12 bits per heavy atom. The van der Waals surface area contributed by atoms with E-state index in [4.69, 9.17) is 4.74 Å². The van der Waals surface area contributed by atoms with Gasteiger partial charge in [-0.2, -0.15) is 5.10 Å². The summed E-state index contributed by atoms with van der Waals surface area (Å²) in [7, 11) is 1.65. The second-order valence-corrected chi connectivity index (χ2v) is 5.49. The molecule has 0 atom stereocenters. The van der Waals surface area contributed by atoms with Crippen molar-refractivity contribution < 1.29 is 4.74 Å². The molecule has 0 fully saturated rings. The number of H-pyrrole nitrogens is 1.